The number of aromatic nitrogens is 1. The maximum Gasteiger partial charge on any atom is 0.193 e. The molecule has 0 aliphatic carbocycles. The number of nitrogens with zero attached hydrogens (tertiary/aromatic N) is 4. The van der Waals surface area contributed by atoms with Gasteiger partial charge < -0.3 is 19.7 Å². The summed E-state index contributed by atoms with van der Waals surface area (Å²) in [6.45, 7) is 10.4. The summed E-state index contributed by atoms with van der Waals surface area (Å²) in [4.78, 5) is 9.25. The van der Waals surface area contributed by atoms with E-state index in [-0.39, 0.29) is 24.0 Å². The Hall–Kier alpha value is -0.760. The molecule has 1 fully saturated rings. The maximum absolute atomic E-state index is 4.42. The molecule has 1 aliphatic rings. The average Bonchev–Trinajstić information content (AvgIpc) is 2.95. The van der Waals surface area contributed by atoms with Crippen LogP contribution < -0.4 is 5.32 Å². The van der Waals surface area contributed by atoms with Gasteiger partial charge in [-0.05, 0) is 49.8 Å². The molecule has 0 amide bonds. The minimum absolute atomic E-state index is 0. The first-order valence-electron chi connectivity index (χ1n) is 9.74. The largest absolute Gasteiger partial charge is 0.356 e. The molecule has 26 heavy (non-hydrogen) atoms. The first-order chi connectivity index (χ1) is 12.0. The van der Waals surface area contributed by atoms with Gasteiger partial charge in [-0.3, -0.25) is 4.99 Å². The SMILES string of the molecule is CN=C(NCCCCN1CC(C)CC(C)C1)N(C)Cc1cccn1C.I. The predicted molar refractivity (Wildman–Crippen MR) is 122 cm³/mol. The summed E-state index contributed by atoms with van der Waals surface area (Å²) < 4.78 is 2.16. The molecule has 2 heterocycles. The summed E-state index contributed by atoms with van der Waals surface area (Å²) in [6, 6.07) is 4.24. The van der Waals surface area contributed by atoms with E-state index in [0.717, 1.165) is 30.9 Å². The number of hydrogen-bond acceptors (Lipinski definition) is 2. The molecule has 2 unspecified atom stereocenters. The minimum Gasteiger partial charge on any atom is -0.356 e. The van der Waals surface area contributed by atoms with Gasteiger partial charge >= 0.3 is 0 Å². The van der Waals surface area contributed by atoms with Gasteiger partial charge in [0.25, 0.3) is 0 Å². The highest BCUT2D eigenvalue weighted by Gasteiger charge is 2.20. The van der Waals surface area contributed by atoms with Crippen LogP contribution in [0.15, 0.2) is 23.3 Å². The Balaban J connectivity index is 0.00000338. The normalized spacial score (nSPS) is 21.3. The van der Waals surface area contributed by atoms with E-state index in [4.69, 9.17) is 0 Å². The van der Waals surface area contributed by atoms with Gasteiger partial charge in [-0.1, -0.05) is 13.8 Å². The zero-order chi connectivity index (χ0) is 18.2. The lowest BCUT2D eigenvalue weighted by molar-refractivity contribution is 0.139. The molecule has 1 aromatic heterocycles. The molecule has 1 aliphatic heterocycles. The summed E-state index contributed by atoms with van der Waals surface area (Å²) in [6.07, 6.45) is 5.92. The molecule has 0 spiro atoms. The van der Waals surface area contributed by atoms with Crippen LogP contribution in [0.25, 0.3) is 0 Å². The van der Waals surface area contributed by atoms with Crippen LogP contribution in [-0.2, 0) is 13.6 Å². The van der Waals surface area contributed by atoms with Crippen LogP contribution in [-0.4, -0.2) is 60.6 Å². The van der Waals surface area contributed by atoms with Crippen LogP contribution in [0.4, 0.5) is 0 Å². The van der Waals surface area contributed by atoms with E-state index in [9.17, 15) is 0 Å². The standard InChI is InChI=1S/C20H37N5.HI/c1-17-13-18(2)15-25(14-17)12-7-6-10-22-20(21-3)24(5)16-19-9-8-11-23(19)4;/h8-9,11,17-18H,6-7,10,12-16H2,1-5H3,(H,21,22);1H. The fourth-order valence-electron chi connectivity index (χ4n) is 4.00. The van der Waals surface area contributed by atoms with Crippen LogP contribution in [0.2, 0.25) is 0 Å². The van der Waals surface area contributed by atoms with Crippen molar-refractivity contribution < 1.29 is 0 Å². The number of piperidine rings is 1. The number of guanidine groups is 1. The Bertz CT molecular complexity index is 532. The van der Waals surface area contributed by atoms with Crippen LogP contribution in [0.3, 0.4) is 0 Å². The van der Waals surface area contributed by atoms with E-state index in [1.165, 1.54) is 44.6 Å². The van der Waals surface area contributed by atoms with Gasteiger partial charge in [0, 0.05) is 52.7 Å². The van der Waals surface area contributed by atoms with Crippen molar-refractivity contribution in [2.24, 2.45) is 23.9 Å². The summed E-state index contributed by atoms with van der Waals surface area (Å²) in [5.41, 5.74) is 1.29. The zero-order valence-corrected chi connectivity index (χ0v) is 19.6. The third kappa shape index (κ3) is 7.47. The number of unbranched alkanes of at least 4 members (excludes halogenated alkanes) is 1. The molecule has 0 aromatic carbocycles. The smallest absolute Gasteiger partial charge is 0.193 e. The molecule has 1 N–H and O–H groups in total. The van der Waals surface area contributed by atoms with Crippen LogP contribution >= 0.6 is 24.0 Å². The molecular formula is C20H38IN5. The fourth-order valence-corrected chi connectivity index (χ4v) is 4.00. The fraction of sp³-hybridized carbons (Fsp3) is 0.750. The molecule has 1 saturated heterocycles. The number of likely N-dealkylation sites (tertiary alicyclic amines) is 1. The van der Waals surface area contributed by atoms with Gasteiger partial charge in [0.1, 0.15) is 0 Å². The minimum atomic E-state index is 0. The summed E-state index contributed by atoms with van der Waals surface area (Å²) in [7, 11) is 6.04. The number of aryl methyl sites for hydroxylation is 1. The van der Waals surface area contributed by atoms with E-state index < -0.39 is 0 Å². The third-order valence-electron chi connectivity index (χ3n) is 5.15. The van der Waals surface area contributed by atoms with Crippen molar-refractivity contribution in [1.82, 2.24) is 19.7 Å². The van der Waals surface area contributed by atoms with Crippen molar-refractivity contribution >= 4 is 29.9 Å². The Morgan fingerprint density at radius 2 is 1.96 bits per heavy atom. The monoisotopic (exact) mass is 475 g/mol. The van der Waals surface area contributed by atoms with Crippen molar-refractivity contribution in [3.05, 3.63) is 24.0 Å². The van der Waals surface area contributed by atoms with Crippen LogP contribution in [0, 0.1) is 11.8 Å². The molecule has 5 nitrogen and oxygen atoms in total. The molecule has 2 atom stereocenters. The van der Waals surface area contributed by atoms with Crippen molar-refractivity contribution in [2.45, 2.75) is 39.7 Å². The second-order valence-electron chi connectivity index (χ2n) is 7.85. The highest BCUT2D eigenvalue weighted by atomic mass is 127. The maximum atomic E-state index is 4.42. The first kappa shape index (κ1) is 23.3. The van der Waals surface area contributed by atoms with Crippen molar-refractivity contribution in [3.8, 4) is 0 Å². The first-order valence-corrected chi connectivity index (χ1v) is 9.74. The Morgan fingerprint density at radius 1 is 1.27 bits per heavy atom. The lowest BCUT2D eigenvalue weighted by Crippen LogP contribution is -2.40. The van der Waals surface area contributed by atoms with E-state index in [0.29, 0.717) is 0 Å². The van der Waals surface area contributed by atoms with Gasteiger partial charge in [0.15, 0.2) is 5.96 Å². The second kappa shape index (κ2) is 11.8. The lowest BCUT2D eigenvalue weighted by atomic mass is 9.92. The molecule has 150 valence electrons. The molecule has 1 aromatic rings. The van der Waals surface area contributed by atoms with Crippen molar-refractivity contribution in [2.75, 3.05) is 40.3 Å². The van der Waals surface area contributed by atoms with Crippen LogP contribution in [0.5, 0.6) is 0 Å². The number of hydrogen-bond donors (Lipinski definition) is 1. The quantitative estimate of drug-likeness (QED) is 0.284. The number of aliphatic imine (C=N–C) groups is 1. The van der Waals surface area contributed by atoms with Gasteiger partial charge in [0.05, 0.1) is 6.54 Å². The van der Waals surface area contributed by atoms with Gasteiger partial charge in [-0.15, -0.1) is 24.0 Å². The van der Waals surface area contributed by atoms with E-state index >= 15 is 0 Å². The van der Waals surface area contributed by atoms with Crippen molar-refractivity contribution in [1.29, 1.82) is 0 Å². The predicted octanol–water partition coefficient (Wildman–Crippen LogP) is 3.41. The Morgan fingerprint density at radius 3 is 2.54 bits per heavy atom. The molecule has 0 bridgehead atoms. The van der Waals surface area contributed by atoms with Crippen LogP contribution in [0.1, 0.15) is 38.8 Å². The number of halogens is 1. The highest BCUT2D eigenvalue weighted by Crippen LogP contribution is 2.20. The highest BCUT2D eigenvalue weighted by molar-refractivity contribution is 14.0. The molecule has 0 radical (unpaired) electrons. The summed E-state index contributed by atoms with van der Waals surface area (Å²) in [5, 5.41) is 3.50. The topological polar surface area (TPSA) is 35.8 Å². The molecule has 2 rings (SSSR count). The van der Waals surface area contributed by atoms with Gasteiger partial charge in [0.2, 0.25) is 0 Å². The Kier molecular flexibility index (Phi) is 10.6. The van der Waals surface area contributed by atoms with Gasteiger partial charge in [-0.2, -0.15) is 0 Å². The van der Waals surface area contributed by atoms with E-state index in [1.807, 2.05) is 7.05 Å². The zero-order valence-electron chi connectivity index (χ0n) is 17.2. The summed E-state index contributed by atoms with van der Waals surface area (Å²) >= 11 is 0. The molecule has 6 heteroatoms. The molecule has 0 saturated carbocycles. The average molecular weight is 475 g/mol. The molecular weight excluding hydrogens is 437 g/mol. The third-order valence-corrected chi connectivity index (χ3v) is 5.15. The van der Waals surface area contributed by atoms with Crippen molar-refractivity contribution in [3.63, 3.8) is 0 Å². The number of nitrogens with one attached hydrogen (secondary N) is 1. The van der Waals surface area contributed by atoms with Gasteiger partial charge in [-0.25, -0.2) is 0 Å². The lowest BCUT2D eigenvalue weighted by Gasteiger charge is -2.35. The number of rotatable bonds is 7. The Labute approximate surface area is 177 Å². The summed E-state index contributed by atoms with van der Waals surface area (Å²) in [5.74, 6) is 2.68. The van der Waals surface area contributed by atoms with E-state index in [2.05, 4.69) is 70.9 Å². The van der Waals surface area contributed by atoms with E-state index in [1.54, 1.807) is 0 Å². The second-order valence-corrected chi connectivity index (χ2v) is 7.85.